The normalized spacial score (nSPS) is 13.0. The van der Waals surface area contributed by atoms with Gasteiger partial charge < -0.3 is 0 Å². The van der Waals surface area contributed by atoms with Gasteiger partial charge in [-0.15, -0.1) is 0 Å². The van der Waals surface area contributed by atoms with E-state index in [1.165, 1.54) is 61.2 Å². The standard InChI is InChI=1S/C49H35N3.CH4/c1-49(2)44-25-10-9-20-40(44)41-27-26-34(29-45(41)49)37-22-13-24-39-38-23-12-21-36(42(38)30-43(37)39)33-18-11-19-35(28-33)48-51-46(31-14-5-3-6-15-31)50-47(52-48)32-16-7-4-8-17-32;/h3-29H,30H2,1-2H3;1H4. The summed E-state index contributed by atoms with van der Waals surface area (Å²) in [5.74, 6) is 1.99. The number of fused-ring (bicyclic) bond motifs is 6. The Labute approximate surface area is 311 Å². The van der Waals surface area contributed by atoms with Gasteiger partial charge in [0.25, 0.3) is 0 Å². The first-order chi connectivity index (χ1) is 25.5. The van der Waals surface area contributed by atoms with Crippen LogP contribution in [-0.2, 0) is 11.8 Å². The zero-order valence-corrected chi connectivity index (χ0v) is 29.1. The van der Waals surface area contributed by atoms with E-state index in [1.54, 1.807) is 0 Å². The fourth-order valence-corrected chi connectivity index (χ4v) is 8.41. The molecule has 0 aliphatic heterocycles. The minimum Gasteiger partial charge on any atom is -0.208 e. The Morgan fingerprint density at radius 3 is 1.42 bits per heavy atom. The molecule has 254 valence electrons. The molecule has 1 aromatic heterocycles. The van der Waals surface area contributed by atoms with Crippen LogP contribution in [0.5, 0.6) is 0 Å². The molecule has 3 nitrogen and oxygen atoms in total. The molecule has 0 spiro atoms. The Morgan fingerprint density at radius 1 is 0.358 bits per heavy atom. The van der Waals surface area contributed by atoms with Gasteiger partial charge in [0.05, 0.1) is 0 Å². The summed E-state index contributed by atoms with van der Waals surface area (Å²) in [4.78, 5) is 14.9. The van der Waals surface area contributed by atoms with Crippen LogP contribution >= 0.6 is 0 Å². The first-order valence-electron chi connectivity index (χ1n) is 18.0. The van der Waals surface area contributed by atoms with Gasteiger partial charge in [0.15, 0.2) is 17.5 Å². The fourth-order valence-electron chi connectivity index (χ4n) is 8.41. The molecule has 7 aromatic carbocycles. The van der Waals surface area contributed by atoms with E-state index in [1.807, 2.05) is 60.7 Å². The van der Waals surface area contributed by atoms with Crippen LogP contribution < -0.4 is 0 Å². The van der Waals surface area contributed by atoms with Crippen molar-refractivity contribution >= 4 is 0 Å². The highest BCUT2D eigenvalue weighted by Crippen LogP contribution is 2.51. The molecule has 1 heterocycles. The third-order valence-electron chi connectivity index (χ3n) is 11.0. The molecule has 0 amide bonds. The van der Waals surface area contributed by atoms with Crippen molar-refractivity contribution in [1.29, 1.82) is 0 Å². The van der Waals surface area contributed by atoms with Crippen LogP contribution in [0, 0.1) is 0 Å². The van der Waals surface area contributed by atoms with E-state index in [4.69, 9.17) is 15.0 Å². The molecule has 53 heavy (non-hydrogen) atoms. The molecule has 2 aliphatic carbocycles. The molecule has 0 atom stereocenters. The molecular weight excluding hydrogens is 643 g/mol. The molecule has 8 aromatic rings. The lowest BCUT2D eigenvalue weighted by molar-refractivity contribution is 0.660. The highest BCUT2D eigenvalue weighted by molar-refractivity contribution is 5.91. The lowest BCUT2D eigenvalue weighted by Gasteiger charge is -2.22. The Morgan fingerprint density at radius 2 is 0.792 bits per heavy atom. The van der Waals surface area contributed by atoms with E-state index < -0.39 is 0 Å². The SMILES string of the molecule is C.CC1(C)c2ccccc2-c2ccc(-c3cccc4c3Cc3c(-c5cccc(-c6nc(-c7ccccc7)nc(-c7ccccc7)n6)c5)cccc3-4)cc21. The highest BCUT2D eigenvalue weighted by atomic mass is 15.0. The van der Waals surface area contributed by atoms with Gasteiger partial charge >= 0.3 is 0 Å². The van der Waals surface area contributed by atoms with Gasteiger partial charge in [-0.3, -0.25) is 0 Å². The van der Waals surface area contributed by atoms with Crippen LogP contribution in [0.4, 0.5) is 0 Å². The van der Waals surface area contributed by atoms with Gasteiger partial charge in [0.1, 0.15) is 0 Å². The Bertz CT molecular complexity index is 2620. The van der Waals surface area contributed by atoms with Gasteiger partial charge in [0, 0.05) is 22.1 Å². The number of rotatable bonds is 5. The lowest BCUT2D eigenvalue weighted by atomic mass is 9.81. The van der Waals surface area contributed by atoms with E-state index in [9.17, 15) is 0 Å². The Hall–Kier alpha value is -6.45. The summed E-state index contributed by atoms with van der Waals surface area (Å²) in [7, 11) is 0. The van der Waals surface area contributed by atoms with E-state index >= 15 is 0 Å². The highest BCUT2D eigenvalue weighted by Gasteiger charge is 2.35. The van der Waals surface area contributed by atoms with Crippen molar-refractivity contribution < 1.29 is 0 Å². The van der Waals surface area contributed by atoms with Crippen LogP contribution in [0.1, 0.15) is 43.5 Å². The van der Waals surface area contributed by atoms with Crippen molar-refractivity contribution in [2.45, 2.75) is 33.1 Å². The number of benzene rings is 7. The zero-order valence-electron chi connectivity index (χ0n) is 29.1. The Balaban J connectivity index is 0.00000372. The molecule has 0 fully saturated rings. The average Bonchev–Trinajstić information content (AvgIpc) is 3.70. The van der Waals surface area contributed by atoms with Gasteiger partial charge in [-0.25, -0.2) is 15.0 Å². The maximum atomic E-state index is 5.01. The third kappa shape index (κ3) is 5.31. The summed E-state index contributed by atoms with van der Waals surface area (Å²) in [6.07, 6.45) is 0.879. The predicted molar refractivity (Wildman–Crippen MR) is 220 cm³/mol. The Kier molecular flexibility index (Phi) is 7.74. The average molecular weight is 682 g/mol. The van der Waals surface area contributed by atoms with Crippen molar-refractivity contribution in [3.63, 3.8) is 0 Å². The van der Waals surface area contributed by atoms with Crippen molar-refractivity contribution in [1.82, 2.24) is 15.0 Å². The number of hydrogen-bond donors (Lipinski definition) is 0. The van der Waals surface area contributed by atoms with E-state index in [0.29, 0.717) is 17.5 Å². The van der Waals surface area contributed by atoms with Crippen LogP contribution in [0.2, 0.25) is 0 Å². The summed E-state index contributed by atoms with van der Waals surface area (Å²) in [6, 6.07) is 58.5. The van der Waals surface area contributed by atoms with Crippen LogP contribution in [0.25, 0.3) is 78.7 Å². The first-order valence-corrected chi connectivity index (χ1v) is 18.0. The minimum absolute atomic E-state index is 0. The summed E-state index contributed by atoms with van der Waals surface area (Å²) < 4.78 is 0. The van der Waals surface area contributed by atoms with Gasteiger partial charge in [-0.1, -0.05) is 173 Å². The predicted octanol–water partition coefficient (Wildman–Crippen LogP) is 12.7. The zero-order chi connectivity index (χ0) is 34.8. The van der Waals surface area contributed by atoms with E-state index in [0.717, 1.165) is 28.7 Å². The van der Waals surface area contributed by atoms with E-state index in [-0.39, 0.29) is 12.8 Å². The molecule has 2 aliphatic rings. The van der Waals surface area contributed by atoms with Crippen molar-refractivity contribution in [3.8, 4) is 78.7 Å². The third-order valence-corrected chi connectivity index (χ3v) is 11.0. The second-order valence-electron chi connectivity index (χ2n) is 14.4. The molecule has 0 bridgehead atoms. The number of nitrogens with zero attached hydrogens (tertiary/aromatic N) is 3. The van der Waals surface area contributed by atoms with Crippen molar-refractivity contribution in [3.05, 3.63) is 186 Å². The van der Waals surface area contributed by atoms with Crippen molar-refractivity contribution in [2.24, 2.45) is 0 Å². The van der Waals surface area contributed by atoms with Crippen LogP contribution in [0.3, 0.4) is 0 Å². The molecule has 10 rings (SSSR count). The second kappa shape index (κ2) is 12.6. The first kappa shape index (κ1) is 32.5. The molecule has 3 heteroatoms. The molecule has 0 unspecified atom stereocenters. The van der Waals surface area contributed by atoms with Crippen LogP contribution in [0.15, 0.2) is 164 Å². The smallest absolute Gasteiger partial charge is 0.164 e. The number of hydrogen-bond acceptors (Lipinski definition) is 3. The quantitative estimate of drug-likeness (QED) is 0.181. The fraction of sp³-hybridized carbons (Fsp3) is 0.100. The summed E-state index contributed by atoms with van der Waals surface area (Å²) in [5, 5.41) is 0. The van der Waals surface area contributed by atoms with Gasteiger partial charge in [-0.2, -0.15) is 0 Å². The van der Waals surface area contributed by atoms with Gasteiger partial charge in [0.2, 0.25) is 0 Å². The van der Waals surface area contributed by atoms with E-state index in [2.05, 4.69) is 117 Å². The maximum Gasteiger partial charge on any atom is 0.164 e. The second-order valence-corrected chi connectivity index (χ2v) is 14.4. The molecular formula is C50H39N3. The topological polar surface area (TPSA) is 38.7 Å². The minimum atomic E-state index is -0.0384. The van der Waals surface area contributed by atoms with Crippen LogP contribution in [-0.4, -0.2) is 15.0 Å². The molecule has 0 radical (unpaired) electrons. The maximum absolute atomic E-state index is 5.01. The largest absolute Gasteiger partial charge is 0.208 e. The summed E-state index contributed by atoms with van der Waals surface area (Å²) in [5.41, 5.74) is 18.8. The molecule has 0 saturated carbocycles. The summed E-state index contributed by atoms with van der Waals surface area (Å²) in [6.45, 7) is 4.71. The monoisotopic (exact) mass is 681 g/mol. The molecule has 0 saturated heterocycles. The molecule has 0 N–H and O–H groups in total. The van der Waals surface area contributed by atoms with Gasteiger partial charge in [-0.05, 0) is 85.3 Å². The lowest BCUT2D eigenvalue weighted by Crippen LogP contribution is -2.14. The summed E-state index contributed by atoms with van der Waals surface area (Å²) >= 11 is 0. The number of aromatic nitrogens is 3. The van der Waals surface area contributed by atoms with Crippen molar-refractivity contribution in [2.75, 3.05) is 0 Å².